The number of rotatable bonds is 2. The summed E-state index contributed by atoms with van der Waals surface area (Å²) in [5.74, 6) is 0. The largest absolute Gasteiger partial charge is 0.246 e. The van der Waals surface area contributed by atoms with Crippen LogP contribution in [0.1, 0.15) is 5.56 Å². The summed E-state index contributed by atoms with van der Waals surface area (Å²) in [4.78, 5) is 0. The van der Waals surface area contributed by atoms with E-state index in [0.29, 0.717) is 5.56 Å². The number of hydrogen-bond donors (Lipinski definition) is 0. The van der Waals surface area contributed by atoms with E-state index < -0.39 is 6.67 Å². The molecule has 0 atom stereocenters. The highest BCUT2D eigenvalue weighted by Crippen LogP contribution is 2.29. The molecule has 16 heavy (non-hydrogen) atoms. The molecule has 0 aromatic heterocycles. The first kappa shape index (κ1) is 11.8. The SMILES string of the molecule is FCc1cc(Br)ccc1-c1cccc(Br)c1. The van der Waals surface area contributed by atoms with Crippen LogP contribution in [0.4, 0.5) is 4.39 Å². The molecule has 0 nitrogen and oxygen atoms in total. The minimum absolute atomic E-state index is 0.457. The lowest BCUT2D eigenvalue weighted by Crippen LogP contribution is -1.87. The average Bonchev–Trinajstić information content (AvgIpc) is 2.28. The van der Waals surface area contributed by atoms with Gasteiger partial charge in [0.1, 0.15) is 6.67 Å². The zero-order chi connectivity index (χ0) is 11.5. The average molecular weight is 344 g/mol. The van der Waals surface area contributed by atoms with Gasteiger partial charge in [0.15, 0.2) is 0 Å². The Hall–Kier alpha value is -0.670. The Bertz CT molecular complexity index is 509. The Balaban J connectivity index is 2.55. The number of hydrogen-bond acceptors (Lipinski definition) is 0. The van der Waals surface area contributed by atoms with E-state index in [1.165, 1.54) is 0 Å². The molecule has 0 saturated carbocycles. The minimum Gasteiger partial charge on any atom is -0.246 e. The van der Waals surface area contributed by atoms with Gasteiger partial charge in [-0.3, -0.25) is 0 Å². The van der Waals surface area contributed by atoms with Gasteiger partial charge in [-0.1, -0.05) is 50.1 Å². The Labute approximate surface area is 111 Å². The second-order valence-corrected chi connectivity index (χ2v) is 5.28. The Morgan fingerprint density at radius 1 is 0.938 bits per heavy atom. The first-order valence-electron chi connectivity index (χ1n) is 4.81. The van der Waals surface area contributed by atoms with E-state index in [-0.39, 0.29) is 0 Å². The van der Waals surface area contributed by atoms with Crippen LogP contribution >= 0.6 is 31.9 Å². The second-order valence-electron chi connectivity index (χ2n) is 3.45. The summed E-state index contributed by atoms with van der Waals surface area (Å²) in [5.41, 5.74) is 2.66. The maximum Gasteiger partial charge on any atom is 0.115 e. The van der Waals surface area contributed by atoms with E-state index in [1.54, 1.807) is 0 Å². The molecular formula is C13H9Br2F. The standard InChI is InChI=1S/C13H9Br2F/c14-11-3-1-2-9(6-11)13-5-4-12(15)7-10(13)8-16/h1-7H,8H2. The van der Waals surface area contributed by atoms with Gasteiger partial charge in [-0.15, -0.1) is 0 Å². The summed E-state index contributed by atoms with van der Waals surface area (Å²) in [7, 11) is 0. The Morgan fingerprint density at radius 3 is 2.38 bits per heavy atom. The van der Waals surface area contributed by atoms with Gasteiger partial charge in [0.05, 0.1) is 0 Å². The summed E-state index contributed by atoms with van der Waals surface area (Å²) < 4.78 is 14.8. The minimum atomic E-state index is -0.457. The first-order chi connectivity index (χ1) is 7.70. The van der Waals surface area contributed by atoms with Crippen LogP contribution in [-0.2, 0) is 6.67 Å². The highest BCUT2D eigenvalue weighted by molar-refractivity contribution is 9.10. The van der Waals surface area contributed by atoms with Crippen molar-refractivity contribution in [1.82, 2.24) is 0 Å². The van der Waals surface area contributed by atoms with Crippen molar-refractivity contribution in [3.63, 3.8) is 0 Å². The van der Waals surface area contributed by atoms with E-state index in [1.807, 2.05) is 42.5 Å². The van der Waals surface area contributed by atoms with E-state index >= 15 is 0 Å². The monoisotopic (exact) mass is 342 g/mol. The van der Waals surface area contributed by atoms with E-state index in [4.69, 9.17) is 0 Å². The second kappa shape index (κ2) is 5.11. The summed E-state index contributed by atoms with van der Waals surface area (Å²) >= 11 is 6.77. The normalized spacial score (nSPS) is 10.4. The lowest BCUT2D eigenvalue weighted by Gasteiger charge is -2.08. The van der Waals surface area contributed by atoms with Crippen LogP contribution in [0.15, 0.2) is 51.4 Å². The summed E-state index contributed by atoms with van der Waals surface area (Å²) in [6, 6.07) is 13.5. The van der Waals surface area contributed by atoms with Crippen molar-refractivity contribution >= 4 is 31.9 Å². The highest BCUT2D eigenvalue weighted by atomic mass is 79.9. The van der Waals surface area contributed by atoms with Crippen LogP contribution in [0.3, 0.4) is 0 Å². The molecule has 0 aliphatic heterocycles. The fraction of sp³-hybridized carbons (Fsp3) is 0.0769. The zero-order valence-corrected chi connectivity index (χ0v) is 11.6. The van der Waals surface area contributed by atoms with E-state index in [0.717, 1.165) is 20.1 Å². The van der Waals surface area contributed by atoms with Gasteiger partial charge in [-0.25, -0.2) is 4.39 Å². The zero-order valence-electron chi connectivity index (χ0n) is 8.38. The molecule has 0 bridgehead atoms. The Morgan fingerprint density at radius 2 is 1.69 bits per heavy atom. The van der Waals surface area contributed by atoms with Crippen molar-refractivity contribution in [2.45, 2.75) is 6.67 Å². The van der Waals surface area contributed by atoms with Crippen molar-refractivity contribution in [2.75, 3.05) is 0 Å². The molecule has 2 aromatic rings. The van der Waals surface area contributed by atoms with Crippen molar-refractivity contribution in [1.29, 1.82) is 0 Å². The molecular weight excluding hydrogens is 335 g/mol. The van der Waals surface area contributed by atoms with E-state index in [2.05, 4.69) is 31.9 Å². The molecule has 0 unspecified atom stereocenters. The molecule has 82 valence electrons. The quantitative estimate of drug-likeness (QED) is 0.689. The van der Waals surface area contributed by atoms with Crippen LogP contribution in [0, 0.1) is 0 Å². The molecule has 0 amide bonds. The van der Waals surface area contributed by atoms with E-state index in [9.17, 15) is 4.39 Å². The number of benzene rings is 2. The van der Waals surface area contributed by atoms with Crippen molar-refractivity contribution in [3.05, 3.63) is 57.0 Å². The number of halogens is 3. The van der Waals surface area contributed by atoms with Gasteiger partial charge in [0.2, 0.25) is 0 Å². The van der Waals surface area contributed by atoms with Crippen molar-refractivity contribution in [3.8, 4) is 11.1 Å². The summed E-state index contributed by atoms with van der Waals surface area (Å²) in [6.07, 6.45) is 0. The lowest BCUT2D eigenvalue weighted by atomic mass is 10.0. The summed E-state index contributed by atoms with van der Waals surface area (Å²) in [5, 5.41) is 0. The predicted molar refractivity (Wildman–Crippen MR) is 72.1 cm³/mol. The molecule has 0 aliphatic rings. The lowest BCUT2D eigenvalue weighted by molar-refractivity contribution is 0.486. The molecule has 0 fully saturated rings. The summed E-state index contributed by atoms with van der Waals surface area (Å²) in [6.45, 7) is -0.457. The van der Waals surface area contributed by atoms with Crippen LogP contribution in [0.25, 0.3) is 11.1 Å². The van der Waals surface area contributed by atoms with Gasteiger partial charge in [0.25, 0.3) is 0 Å². The van der Waals surface area contributed by atoms with Gasteiger partial charge in [-0.05, 0) is 41.0 Å². The smallest absolute Gasteiger partial charge is 0.115 e. The molecule has 0 heterocycles. The van der Waals surface area contributed by atoms with Crippen molar-refractivity contribution in [2.24, 2.45) is 0 Å². The maximum atomic E-state index is 12.9. The number of alkyl halides is 1. The molecule has 0 N–H and O–H groups in total. The predicted octanol–water partition coefficient (Wildman–Crippen LogP) is 5.35. The third-order valence-electron chi connectivity index (χ3n) is 2.35. The van der Waals surface area contributed by atoms with Gasteiger partial charge < -0.3 is 0 Å². The first-order valence-corrected chi connectivity index (χ1v) is 6.39. The third-order valence-corrected chi connectivity index (χ3v) is 3.33. The molecule has 0 saturated heterocycles. The molecule has 0 spiro atoms. The van der Waals surface area contributed by atoms with Crippen LogP contribution < -0.4 is 0 Å². The molecule has 3 heteroatoms. The van der Waals surface area contributed by atoms with Crippen LogP contribution in [-0.4, -0.2) is 0 Å². The van der Waals surface area contributed by atoms with Crippen LogP contribution in [0.2, 0.25) is 0 Å². The van der Waals surface area contributed by atoms with Crippen molar-refractivity contribution < 1.29 is 4.39 Å². The molecule has 2 aromatic carbocycles. The van der Waals surface area contributed by atoms with Gasteiger partial charge in [0, 0.05) is 8.95 Å². The molecule has 0 aliphatic carbocycles. The third kappa shape index (κ3) is 2.53. The highest BCUT2D eigenvalue weighted by Gasteiger charge is 2.05. The van der Waals surface area contributed by atoms with Gasteiger partial charge in [-0.2, -0.15) is 0 Å². The maximum absolute atomic E-state index is 12.9. The fourth-order valence-corrected chi connectivity index (χ4v) is 2.42. The molecule has 2 rings (SSSR count). The Kier molecular flexibility index (Phi) is 3.77. The topological polar surface area (TPSA) is 0 Å². The van der Waals surface area contributed by atoms with Crippen LogP contribution in [0.5, 0.6) is 0 Å². The molecule has 0 radical (unpaired) electrons. The fourth-order valence-electron chi connectivity index (χ4n) is 1.61. The van der Waals surface area contributed by atoms with Gasteiger partial charge >= 0.3 is 0 Å².